The molecule has 94 valence electrons. The summed E-state index contributed by atoms with van der Waals surface area (Å²) in [5, 5.41) is 0. The van der Waals surface area contributed by atoms with E-state index in [0.717, 1.165) is 12.8 Å². The average molecular weight is 238 g/mol. The normalized spacial score (nSPS) is 10.2. The maximum Gasteiger partial charge on any atom is 0.165 e. The molecule has 17 heavy (non-hydrogen) atoms. The molecule has 0 aliphatic heterocycles. The Morgan fingerprint density at radius 1 is 1.24 bits per heavy atom. The van der Waals surface area contributed by atoms with Gasteiger partial charge >= 0.3 is 0 Å². The molecule has 0 aliphatic carbocycles. The molecule has 0 heterocycles. The summed E-state index contributed by atoms with van der Waals surface area (Å²) in [5.41, 5.74) is 0.276. The molecule has 0 aromatic heterocycles. The third-order valence-corrected chi connectivity index (χ3v) is 2.62. The molecule has 0 amide bonds. The fourth-order valence-corrected chi connectivity index (χ4v) is 1.65. The Bertz CT molecular complexity index is 350. The van der Waals surface area contributed by atoms with Crippen molar-refractivity contribution in [2.24, 2.45) is 0 Å². The van der Waals surface area contributed by atoms with Crippen LogP contribution < -0.4 is 4.74 Å². The Morgan fingerprint density at radius 3 is 2.71 bits per heavy atom. The molecule has 0 saturated heterocycles. The van der Waals surface area contributed by atoms with Gasteiger partial charge in [-0.15, -0.1) is 0 Å². The highest BCUT2D eigenvalue weighted by atomic mass is 19.1. The monoisotopic (exact) mass is 238 g/mol. The molecule has 2 nitrogen and oxygen atoms in total. The first-order valence-corrected chi connectivity index (χ1v) is 6.16. The number of hydrogen-bond donors (Lipinski definition) is 0. The van der Waals surface area contributed by atoms with Gasteiger partial charge in [-0.3, -0.25) is 4.79 Å². The second-order valence-electron chi connectivity index (χ2n) is 4.04. The number of carbonyl (C=O) groups excluding carboxylic acids is 1. The zero-order valence-electron chi connectivity index (χ0n) is 10.2. The van der Waals surface area contributed by atoms with Crippen molar-refractivity contribution in [1.29, 1.82) is 0 Å². The van der Waals surface area contributed by atoms with Gasteiger partial charge in [0.15, 0.2) is 17.9 Å². The molecule has 0 aliphatic rings. The minimum Gasteiger partial charge on any atom is -0.490 e. The minimum absolute atomic E-state index is 0.0815. The molecule has 1 aromatic carbocycles. The first kappa shape index (κ1) is 13.7. The molecule has 0 fully saturated rings. The molecule has 0 spiro atoms. The number of unbranched alkanes of at least 4 members (excludes halogenated alkanes) is 4. The molecule has 1 aromatic rings. The second kappa shape index (κ2) is 7.82. The summed E-state index contributed by atoms with van der Waals surface area (Å²) in [7, 11) is 0. The lowest BCUT2D eigenvalue weighted by Gasteiger charge is -2.08. The van der Waals surface area contributed by atoms with Gasteiger partial charge in [0.1, 0.15) is 0 Å². The summed E-state index contributed by atoms with van der Waals surface area (Å²) in [4.78, 5) is 10.7. The number of halogens is 1. The van der Waals surface area contributed by atoms with Crippen molar-refractivity contribution in [3.63, 3.8) is 0 Å². The zero-order chi connectivity index (χ0) is 12.5. The SMILES string of the molecule is CCCCCCCOc1c(F)cccc1C=O. The smallest absolute Gasteiger partial charge is 0.165 e. The summed E-state index contributed by atoms with van der Waals surface area (Å²) in [5.74, 6) is -0.388. The van der Waals surface area contributed by atoms with Gasteiger partial charge in [0, 0.05) is 0 Å². The first-order chi connectivity index (χ1) is 8.29. The fourth-order valence-electron chi connectivity index (χ4n) is 1.65. The molecule has 0 radical (unpaired) electrons. The van der Waals surface area contributed by atoms with E-state index < -0.39 is 5.82 Å². The van der Waals surface area contributed by atoms with Gasteiger partial charge < -0.3 is 4.74 Å². The summed E-state index contributed by atoms with van der Waals surface area (Å²) in [6.45, 7) is 2.62. The Labute approximate surface area is 102 Å². The van der Waals surface area contributed by atoms with E-state index >= 15 is 0 Å². The molecule has 1 rings (SSSR count). The van der Waals surface area contributed by atoms with E-state index in [0.29, 0.717) is 12.9 Å². The summed E-state index contributed by atoms with van der Waals surface area (Å²) in [6.07, 6.45) is 6.20. The average Bonchev–Trinajstić information content (AvgIpc) is 2.35. The molecule has 0 N–H and O–H groups in total. The maximum absolute atomic E-state index is 13.4. The van der Waals surface area contributed by atoms with Crippen LogP contribution in [0.15, 0.2) is 18.2 Å². The maximum atomic E-state index is 13.4. The Kier molecular flexibility index (Phi) is 6.30. The molecule has 0 unspecified atom stereocenters. The standard InChI is InChI=1S/C14H19FO2/c1-2-3-4-5-6-10-17-14-12(11-16)8-7-9-13(14)15/h7-9,11H,2-6,10H2,1H3. The van der Waals surface area contributed by atoms with Crippen molar-refractivity contribution in [2.45, 2.75) is 39.0 Å². The Morgan fingerprint density at radius 2 is 2.00 bits per heavy atom. The van der Waals surface area contributed by atoms with Crippen LogP contribution in [0.4, 0.5) is 4.39 Å². The van der Waals surface area contributed by atoms with Crippen LogP contribution in [-0.2, 0) is 0 Å². The van der Waals surface area contributed by atoms with E-state index in [1.54, 1.807) is 6.07 Å². The van der Waals surface area contributed by atoms with E-state index in [2.05, 4.69) is 6.92 Å². The Hall–Kier alpha value is -1.38. The third-order valence-electron chi connectivity index (χ3n) is 2.62. The number of hydrogen-bond acceptors (Lipinski definition) is 2. The number of rotatable bonds is 8. The lowest BCUT2D eigenvalue weighted by Crippen LogP contribution is -2.02. The summed E-state index contributed by atoms with van der Waals surface area (Å²) in [6, 6.07) is 4.37. The van der Waals surface area contributed by atoms with Crippen molar-refractivity contribution < 1.29 is 13.9 Å². The van der Waals surface area contributed by atoms with Crippen molar-refractivity contribution in [3.8, 4) is 5.75 Å². The number of ether oxygens (including phenoxy) is 1. The van der Waals surface area contributed by atoms with Gasteiger partial charge in [0.2, 0.25) is 0 Å². The summed E-state index contributed by atoms with van der Waals surface area (Å²) >= 11 is 0. The van der Waals surface area contributed by atoms with Crippen LogP contribution in [0.3, 0.4) is 0 Å². The molecule has 0 saturated carbocycles. The van der Waals surface area contributed by atoms with E-state index in [9.17, 15) is 9.18 Å². The molecule has 0 bridgehead atoms. The number of aldehydes is 1. The Balaban J connectivity index is 2.38. The number of benzene rings is 1. The molecule has 0 atom stereocenters. The number of carbonyl (C=O) groups is 1. The second-order valence-corrected chi connectivity index (χ2v) is 4.04. The van der Waals surface area contributed by atoms with Gasteiger partial charge in [0.05, 0.1) is 12.2 Å². The molecule has 3 heteroatoms. The van der Waals surface area contributed by atoms with Crippen LogP contribution in [0.5, 0.6) is 5.75 Å². The minimum atomic E-state index is -0.469. The lowest BCUT2D eigenvalue weighted by molar-refractivity contribution is 0.111. The third kappa shape index (κ3) is 4.55. The fraction of sp³-hybridized carbons (Fsp3) is 0.500. The topological polar surface area (TPSA) is 26.3 Å². The van der Waals surface area contributed by atoms with Gasteiger partial charge in [-0.05, 0) is 18.6 Å². The molecular weight excluding hydrogens is 219 g/mol. The first-order valence-electron chi connectivity index (χ1n) is 6.16. The van der Waals surface area contributed by atoms with Crippen LogP contribution in [0.25, 0.3) is 0 Å². The molecular formula is C14H19FO2. The predicted molar refractivity (Wildman–Crippen MR) is 66.0 cm³/mol. The van der Waals surface area contributed by atoms with Crippen molar-refractivity contribution in [1.82, 2.24) is 0 Å². The summed E-state index contributed by atoms with van der Waals surface area (Å²) < 4.78 is 18.7. The largest absolute Gasteiger partial charge is 0.490 e. The van der Waals surface area contributed by atoms with Crippen LogP contribution >= 0.6 is 0 Å². The zero-order valence-corrected chi connectivity index (χ0v) is 10.2. The number of para-hydroxylation sites is 1. The van der Waals surface area contributed by atoms with Gasteiger partial charge in [-0.25, -0.2) is 4.39 Å². The van der Waals surface area contributed by atoms with Crippen LogP contribution in [0, 0.1) is 5.82 Å². The van der Waals surface area contributed by atoms with Crippen molar-refractivity contribution in [3.05, 3.63) is 29.6 Å². The van der Waals surface area contributed by atoms with Gasteiger partial charge in [-0.1, -0.05) is 38.7 Å². The lowest BCUT2D eigenvalue weighted by atomic mass is 10.1. The predicted octanol–water partition coefficient (Wildman–Crippen LogP) is 3.99. The van der Waals surface area contributed by atoms with E-state index in [1.165, 1.54) is 31.4 Å². The van der Waals surface area contributed by atoms with Crippen molar-refractivity contribution >= 4 is 6.29 Å². The van der Waals surface area contributed by atoms with E-state index in [-0.39, 0.29) is 11.3 Å². The van der Waals surface area contributed by atoms with Gasteiger partial charge in [0.25, 0.3) is 0 Å². The van der Waals surface area contributed by atoms with Crippen LogP contribution in [0.2, 0.25) is 0 Å². The highest BCUT2D eigenvalue weighted by Crippen LogP contribution is 2.21. The highest BCUT2D eigenvalue weighted by molar-refractivity contribution is 5.79. The van der Waals surface area contributed by atoms with E-state index in [1.807, 2.05) is 0 Å². The van der Waals surface area contributed by atoms with Crippen LogP contribution in [-0.4, -0.2) is 12.9 Å². The quantitative estimate of drug-likeness (QED) is 0.505. The van der Waals surface area contributed by atoms with Crippen LogP contribution in [0.1, 0.15) is 49.4 Å². The van der Waals surface area contributed by atoms with Crippen molar-refractivity contribution in [2.75, 3.05) is 6.61 Å². The highest BCUT2D eigenvalue weighted by Gasteiger charge is 2.08. The van der Waals surface area contributed by atoms with E-state index in [4.69, 9.17) is 4.74 Å². The van der Waals surface area contributed by atoms with Gasteiger partial charge in [-0.2, -0.15) is 0 Å².